The van der Waals surface area contributed by atoms with Crippen molar-refractivity contribution >= 4 is 11.7 Å². The minimum absolute atomic E-state index is 0.116. The van der Waals surface area contributed by atoms with Crippen molar-refractivity contribution in [2.24, 2.45) is 5.92 Å². The molecule has 0 aliphatic carbocycles. The average molecular weight is 261 g/mol. The Morgan fingerprint density at radius 1 is 1.47 bits per heavy atom. The molecular formula is C15H23N3O. The summed E-state index contributed by atoms with van der Waals surface area (Å²) in [6.45, 7) is 6.99. The van der Waals surface area contributed by atoms with E-state index < -0.39 is 0 Å². The van der Waals surface area contributed by atoms with Gasteiger partial charge in [0.05, 0.1) is 5.56 Å². The van der Waals surface area contributed by atoms with E-state index in [9.17, 15) is 4.79 Å². The SMILES string of the molecule is CCCNc1ccc(C(=O)N2CCC(CC)C2)cn1. The number of rotatable bonds is 5. The summed E-state index contributed by atoms with van der Waals surface area (Å²) in [6.07, 6.45) is 5.03. The number of nitrogens with zero attached hydrogens (tertiary/aromatic N) is 2. The molecule has 4 heteroatoms. The van der Waals surface area contributed by atoms with Crippen LogP contribution in [0.15, 0.2) is 18.3 Å². The number of aromatic nitrogens is 1. The highest BCUT2D eigenvalue weighted by Crippen LogP contribution is 2.21. The predicted molar refractivity (Wildman–Crippen MR) is 77.3 cm³/mol. The zero-order chi connectivity index (χ0) is 13.7. The van der Waals surface area contributed by atoms with Crippen molar-refractivity contribution in [2.45, 2.75) is 33.1 Å². The molecule has 0 spiro atoms. The number of hydrogen-bond donors (Lipinski definition) is 1. The molecule has 1 aliphatic rings. The molecule has 104 valence electrons. The van der Waals surface area contributed by atoms with E-state index in [0.29, 0.717) is 11.5 Å². The Labute approximate surface area is 115 Å². The fourth-order valence-corrected chi connectivity index (χ4v) is 2.41. The quantitative estimate of drug-likeness (QED) is 0.886. The zero-order valence-electron chi connectivity index (χ0n) is 11.9. The first-order valence-electron chi connectivity index (χ1n) is 7.23. The van der Waals surface area contributed by atoms with Crippen LogP contribution >= 0.6 is 0 Å². The van der Waals surface area contributed by atoms with E-state index in [-0.39, 0.29) is 5.91 Å². The third-order valence-electron chi connectivity index (χ3n) is 3.72. The van der Waals surface area contributed by atoms with Gasteiger partial charge in [0, 0.05) is 25.8 Å². The second-order valence-corrected chi connectivity index (χ2v) is 5.17. The van der Waals surface area contributed by atoms with Crippen LogP contribution in [0.5, 0.6) is 0 Å². The van der Waals surface area contributed by atoms with E-state index >= 15 is 0 Å². The van der Waals surface area contributed by atoms with Gasteiger partial charge < -0.3 is 10.2 Å². The van der Waals surface area contributed by atoms with Crippen molar-refractivity contribution in [1.29, 1.82) is 0 Å². The zero-order valence-corrected chi connectivity index (χ0v) is 11.9. The van der Waals surface area contributed by atoms with Gasteiger partial charge in [0.2, 0.25) is 0 Å². The van der Waals surface area contributed by atoms with Crippen molar-refractivity contribution in [3.63, 3.8) is 0 Å². The van der Waals surface area contributed by atoms with E-state index in [1.165, 1.54) is 0 Å². The third kappa shape index (κ3) is 3.46. The van der Waals surface area contributed by atoms with Crippen molar-refractivity contribution in [2.75, 3.05) is 25.0 Å². The molecule has 19 heavy (non-hydrogen) atoms. The van der Waals surface area contributed by atoms with Gasteiger partial charge in [0.1, 0.15) is 5.82 Å². The second-order valence-electron chi connectivity index (χ2n) is 5.17. The van der Waals surface area contributed by atoms with Gasteiger partial charge in [0.15, 0.2) is 0 Å². The summed E-state index contributed by atoms with van der Waals surface area (Å²) in [5, 5.41) is 3.21. The second kappa shape index (κ2) is 6.55. The Kier molecular flexibility index (Phi) is 4.77. The number of pyridine rings is 1. The summed E-state index contributed by atoms with van der Waals surface area (Å²) < 4.78 is 0. The molecule has 0 saturated carbocycles. The van der Waals surface area contributed by atoms with Gasteiger partial charge in [0.25, 0.3) is 5.91 Å². The van der Waals surface area contributed by atoms with Gasteiger partial charge >= 0.3 is 0 Å². The number of hydrogen-bond acceptors (Lipinski definition) is 3. The molecule has 1 fully saturated rings. The van der Waals surface area contributed by atoms with E-state index in [0.717, 1.165) is 44.7 Å². The molecule has 1 amide bonds. The van der Waals surface area contributed by atoms with Gasteiger partial charge in [-0.1, -0.05) is 20.3 Å². The monoisotopic (exact) mass is 261 g/mol. The molecule has 0 radical (unpaired) electrons. The summed E-state index contributed by atoms with van der Waals surface area (Å²) in [6, 6.07) is 3.75. The standard InChI is InChI=1S/C15H23N3O/c1-3-8-16-14-6-5-13(10-17-14)15(19)18-9-7-12(4-2)11-18/h5-6,10,12H,3-4,7-9,11H2,1-2H3,(H,16,17). The minimum atomic E-state index is 0.116. The molecule has 2 rings (SSSR count). The molecule has 1 saturated heterocycles. The lowest BCUT2D eigenvalue weighted by atomic mass is 10.1. The number of amides is 1. The molecule has 0 aromatic carbocycles. The van der Waals surface area contributed by atoms with Crippen LogP contribution < -0.4 is 5.32 Å². The first kappa shape index (κ1) is 13.8. The fraction of sp³-hybridized carbons (Fsp3) is 0.600. The van der Waals surface area contributed by atoms with Crippen molar-refractivity contribution < 1.29 is 4.79 Å². The van der Waals surface area contributed by atoms with Crippen LogP contribution in [0.1, 0.15) is 43.5 Å². The van der Waals surface area contributed by atoms with E-state index in [2.05, 4.69) is 24.1 Å². The Hall–Kier alpha value is -1.58. The van der Waals surface area contributed by atoms with Gasteiger partial charge in [-0.2, -0.15) is 0 Å². The molecule has 1 atom stereocenters. The average Bonchev–Trinajstić information content (AvgIpc) is 2.94. The smallest absolute Gasteiger partial charge is 0.255 e. The fourth-order valence-electron chi connectivity index (χ4n) is 2.41. The molecule has 1 aliphatic heterocycles. The Bertz CT molecular complexity index is 416. The number of likely N-dealkylation sites (tertiary alicyclic amines) is 1. The number of nitrogens with one attached hydrogen (secondary N) is 1. The van der Waals surface area contributed by atoms with Crippen LogP contribution in [0.25, 0.3) is 0 Å². The summed E-state index contributed by atoms with van der Waals surface area (Å²) in [5.74, 6) is 1.62. The maximum Gasteiger partial charge on any atom is 0.255 e. The van der Waals surface area contributed by atoms with E-state index in [1.807, 2.05) is 17.0 Å². The van der Waals surface area contributed by atoms with Crippen LogP contribution in [-0.2, 0) is 0 Å². The van der Waals surface area contributed by atoms with Gasteiger partial charge in [-0.05, 0) is 30.9 Å². The minimum Gasteiger partial charge on any atom is -0.370 e. The molecule has 0 bridgehead atoms. The Balaban J connectivity index is 1.96. The van der Waals surface area contributed by atoms with Crippen molar-refractivity contribution in [1.82, 2.24) is 9.88 Å². The van der Waals surface area contributed by atoms with Crippen LogP contribution in [-0.4, -0.2) is 35.4 Å². The van der Waals surface area contributed by atoms with Crippen LogP contribution in [0.4, 0.5) is 5.82 Å². The lowest BCUT2D eigenvalue weighted by Crippen LogP contribution is -2.28. The molecule has 2 heterocycles. The lowest BCUT2D eigenvalue weighted by Gasteiger charge is -2.16. The molecular weight excluding hydrogens is 238 g/mol. The normalized spacial score (nSPS) is 18.6. The van der Waals surface area contributed by atoms with Crippen LogP contribution in [0, 0.1) is 5.92 Å². The van der Waals surface area contributed by atoms with Crippen molar-refractivity contribution in [3.05, 3.63) is 23.9 Å². The summed E-state index contributed by atoms with van der Waals surface area (Å²) in [7, 11) is 0. The van der Waals surface area contributed by atoms with Gasteiger partial charge in [-0.3, -0.25) is 4.79 Å². The van der Waals surface area contributed by atoms with Crippen LogP contribution in [0.3, 0.4) is 0 Å². The molecule has 4 nitrogen and oxygen atoms in total. The van der Waals surface area contributed by atoms with Gasteiger partial charge in [-0.15, -0.1) is 0 Å². The molecule has 1 aromatic rings. The molecule has 1 unspecified atom stereocenters. The summed E-state index contributed by atoms with van der Waals surface area (Å²) >= 11 is 0. The molecule has 1 N–H and O–H groups in total. The number of anilines is 1. The largest absolute Gasteiger partial charge is 0.370 e. The first-order valence-corrected chi connectivity index (χ1v) is 7.23. The topological polar surface area (TPSA) is 45.2 Å². The number of carbonyl (C=O) groups excluding carboxylic acids is 1. The maximum absolute atomic E-state index is 12.3. The highest BCUT2D eigenvalue weighted by atomic mass is 16.2. The lowest BCUT2D eigenvalue weighted by molar-refractivity contribution is 0.0786. The highest BCUT2D eigenvalue weighted by Gasteiger charge is 2.25. The highest BCUT2D eigenvalue weighted by molar-refractivity contribution is 5.94. The predicted octanol–water partition coefficient (Wildman–Crippen LogP) is 2.78. The Morgan fingerprint density at radius 3 is 2.89 bits per heavy atom. The summed E-state index contributed by atoms with van der Waals surface area (Å²) in [5.41, 5.74) is 0.693. The van der Waals surface area contributed by atoms with E-state index in [1.54, 1.807) is 6.20 Å². The Morgan fingerprint density at radius 2 is 2.32 bits per heavy atom. The first-order chi connectivity index (χ1) is 9.24. The molecule has 1 aromatic heterocycles. The number of carbonyl (C=O) groups is 1. The summed E-state index contributed by atoms with van der Waals surface area (Å²) in [4.78, 5) is 18.5. The maximum atomic E-state index is 12.3. The van der Waals surface area contributed by atoms with Gasteiger partial charge in [-0.25, -0.2) is 4.98 Å². The third-order valence-corrected chi connectivity index (χ3v) is 3.72. The van der Waals surface area contributed by atoms with Crippen molar-refractivity contribution in [3.8, 4) is 0 Å². The van der Waals surface area contributed by atoms with E-state index in [4.69, 9.17) is 0 Å². The van der Waals surface area contributed by atoms with Crippen LogP contribution in [0.2, 0.25) is 0 Å².